The standard InChI is InChI=1S/C10H19N3/c1-8(2)5-4-6-9-7-12-10(11)13(9)3/h7-8H,4-6H2,1-3H3,(H2,11,12). The molecule has 0 aromatic carbocycles. The van der Waals surface area contributed by atoms with Crippen molar-refractivity contribution in [3.8, 4) is 0 Å². The Bertz CT molecular complexity index is 263. The van der Waals surface area contributed by atoms with Crippen molar-refractivity contribution < 1.29 is 0 Å². The van der Waals surface area contributed by atoms with Crippen LogP contribution in [0.5, 0.6) is 0 Å². The van der Waals surface area contributed by atoms with Crippen molar-refractivity contribution in [2.45, 2.75) is 33.1 Å². The number of imidazole rings is 1. The maximum absolute atomic E-state index is 5.62. The number of anilines is 1. The van der Waals surface area contributed by atoms with Crippen LogP contribution in [-0.2, 0) is 13.5 Å². The van der Waals surface area contributed by atoms with Gasteiger partial charge in [-0.2, -0.15) is 0 Å². The van der Waals surface area contributed by atoms with Crippen molar-refractivity contribution in [2.75, 3.05) is 5.73 Å². The summed E-state index contributed by atoms with van der Waals surface area (Å²) in [5.41, 5.74) is 6.86. The van der Waals surface area contributed by atoms with E-state index in [4.69, 9.17) is 5.73 Å². The molecule has 0 amide bonds. The summed E-state index contributed by atoms with van der Waals surface area (Å²) >= 11 is 0. The Hall–Kier alpha value is -0.990. The smallest absolute Gasteiger partial charge is 0.200 e. The molecule has 1 rings (SSSR count). The van der Waals surface area contributed by atoms with Crippen LogP contribution in [0, 0.1) is 5.92 Å². The molecule has 3 nitrogen and oxygen atoms in total. The highest BCUT2D eigenvalue weighted by Crippen LogP contribution is 2.11. The van der Waals surface area contributed by atoms with Crippen LogP contribution in [0.3, 0.4) is 0 Å². The molecule has 0 saturated heterocycles. The molecule has 0 unspecified atom stereocenters. The molecular weight excluding hydrogens is 162 g/mol. The lowest BCUT2D eigenvalue weighted by atomic mass is 10.1. The summed E-state index contributed by atoms with van der Waals surface area (Å²) in [6.45, 7) is 4.50. The quantitative estimate of drug-likeness (QED) is 0.772. The number of nitrogens with two attached hydrogens (primary N) is 1. The van der Waals surface area contributed by atoms with Gasteiger partial charge in [0.25, 0.3) is 0 Å². The zero-order chi connectivity index (χ0) is 9.84. The fourth-order valence-electron chi connectivity index (χ4n) is 1.38. The van der Waals surface area contributed by atoms with Gasteiger partial charge in [-0.25, -0.2) is 4.98 Å². The minimum Gasteiger partial charge on any atom is -0.369 e. The third-order valence-electron chi connectivity index (χ3n) is 2.33. The van der Waals surface area contributed by atoms with Gasteiger partial charge in [0.1, 0.15) is 0 Å². The Labute approximate surface area is 80.0 Å². The van der Waals surface area contributed by atoms with Crippen molar-refractivity contribution in [1.29, 1.82) is 0 Å². The van der Waals surface area contributed by atoms with E-state index in [0.29, 0.717) is 5.95 Å². The molecule has 1 aromatic rings. The van der Waals surface area contributed by atoms with E-state index in [1.165, 1.54) is 18.5 Å². The molecule has 0 spiro atoms. The summed E-state index contributed by atoms with van der Waals surface area (Å²) in [7, 11) is 1.97. The number of rotatable bonds is 4. The van der Waals surface area contributed by atoms with Crippen LogP contribution in [0.1, 0.15) is 32.4 Å². The summed E-state index contributed by atoms with van der Waals surface area (Å²) in [6.07, 6.45) is 5.44. The molecule has 0 saturated carbocycles. The third kappa shape index (κ3) is 2.76. The van der Waals surface area contributed by atoms with Gasteiger partial charge < -0.3 is 10.3 Å². The molecule has 0 aliphatic carbocycles. The fourth-order valence-corrected chi connectivity index (χ4v) is 1.38. The van der Waals surface area contributed by atoms with Crippen molar-refractivity contribution in [1.82, 2.24) is 9.55 Å². The average molecular weight is 181 g/mol. The summed E-state index contributed by atoms with van der Waals surface area (Å²) in [5, 5.41) is 0. The number of nitrogen functional groups attached to an aromatic ring is 1. The van der Waals surface area contributed by atoms with Crippen LogP contribution in [0.25, 0.3) is 0 Å². The lowest BCUT2D eigenvalue weighted by molar-refractivity contribution is 0.549. The van der Waals surface area contributed by atoms with Gasteiger partial charge in [-0.1, -0.05) is 20.3 Å². The highest BCUT2D eigenvalue weighted by molar-refractivity contribution is 5.21. The first-order valence-corrected chi connectivity index (χ1v) is 4.87. The number of nitrogens with zero attached hydrogens (tertiary/aromatic N) is 2. The molecule has 1 heterocycles. The lowest BCUT2D eigenvalue weighted by Gasteiger charge is -2.05. The van der Waals surface area contributed by atoms with Crippen molar-refractivity contribution in [2.24, 2.45) is 13.0 Å². The Morgan fingerprint density at radius 2 is 2.23 bits per heavy atom. The van der Waals surface area contributed by atoms with Crippen LogP contribution in [-0.4, -0.2) is 9.55 Å². The van der Waals surface area contributed by atoms with E-state index >= 15 is 0 Å². The average Bonchev–Trinajstić information content (AvgIpc) is 2.35. The SMILES string of the molecule is CC(C)CCCc1cnc(N)n1C. The van der Waals surface area contributed by atoms with E-state index in [-0.39, 0.29) is 0 Å². The molecule has 74 valence electrons. The van der Waals surface area contributed by atoms with E-state index in [1.54, 1.807) is 0 Å². The summed E-state index contributed by atoms with van der Waals surface area (Å²) < 4.78 is 1.96. The number of hydrogen-bond acceptors (Lipinski definition) is 2. The number of aryl methyl sites for hydroxylation is 1. The first-order chi connectivity index (χ1) is 6.11. The second-order valence-electron chi connectivity index (χ2n) is 3.95. The number of hydrogen-bond donors (Lipinski definition) is 1. The molecule has 0 aliphatic rings. The van der Waals surface area contributed by atoms with Gasteiger partial charge in [-0.3, -0.25) is 0 Å². The van der Waals surface area contributed by atoms with E-state index < -0.39 is 0 Å². The van der Waals surface area contributed by atoms with Crippen LogP contribution < -0.4 is 5.73 Å². The van der Waals surface area contributed by atoms with Gasteiger partial charge in [-0.05, 0) is 18.8 Å². The van der Waals surface area contributed by atoms with E-state index in [0.717, 1.165) is 12.3 Å². The number of aromatic nitrogens is 2. The van der Waals surface area contributed by atoms with Crippen molar-refractivity contribution in [3.63, 3.8) is 0 Å². The molecule has 0 fully saturated rings. The zero-order valence-corrected chi connectivity index (χ0v) is 8.75. The minimum atomic E-state index is 0.611. The molecule has 3 heteroatoms. The molecule has 0 aliphatic heterocycles. The van der Waals surface area contributed by atoms with E-state index in [1.807, 2.05) is 17.8 Å². The monoisotopic (exact) mass is 181 g/mol. The second-order valence-corrected chi connectivity index (χ2v) is 3.95. The van der Waals surface area contributed by atoms with Crippen LogP contribution in [0.15, 0.2) is 6.20 Å². The largest absolute Gasteiger partial charge is 0.369 e. The third-order valence-corrected chi connectivity index (χ3v) is 2.33. The van der Waals surface area contributed by atoms with Crippen LogP contribution in [0.2, 0.25) is 0 Å². The Morgan fingerprint density at radius 1 is 1.54 bits per heavy atom. The Kier molecular flexibility index (Phi) is 3.34. The maximum Gasteiger partial charge on any atom is 0.200 e. The predicted octanol–water partition coefficient (Wildman–Crippen LogP) is 1.98. The molecule has 2 N–H and O–H groups in total. The summed E-state index contributed by atoms with van der Waals surface area (Å²) in [6, 6.07) is 0. The van der Waals surface area contributed by atoms with Gasteiger partial charge in [0.2, 0.25) is 0 Å². The molecular formula is C10H19N3. The predicted molar refractivity (Wildman–Crippen MR) is 55.4 cm³/mol. The molecule has 0 bridgehead atoms. The molecule has 1 aromatic heterocycles. The first-order valence-electron chi connectivity index (χ1n) is 4.87. The molecule has 13 heavy (non-hydrogen) atoms. The Balaban J connectivity index is 2.41. The zero-order valence-electron chi connectivity index (χ0n) is 8.75. The maximum atomic E-state index is 5.62. The fraction of sp³-hybridized carbons (Fsp3) is 0.700. The summed E-state index contributed by atoms with van der Waals surface area (Å²) in [5.74, 6) is 1.39. The van der Waals surface area contributed by atoms with Gasteiger partial charge in [0.15, 0.2) is 5.95 Å². The van der Waals surface area contributed by atoms with Gasteiger partial charge in [0, 0.05) is 12.7 Å². The van der Waals surface area contributed by atoms with Crippen molar-refractivity contribution in [3.05, 3.63) is 11.9 Å². The highest BCUT2D eigenvalue weighted by Gasteiger charge is 2.02. The first kappa shape index (κ1) is 10.1. The Morgan fingerprint density at radius 3 is 2.69 bits per heavy atom. The van der Waals surface area contributed by atoms with Crippen molar-refractivity contribution >= 4 is 5.95 Å². The topological polar surface area (TPSA) is 43.8 Å². The minimum absolute atomic E-state index is 0.611. The highest BCUT2D eigenvalue weighted by atomic mass is 15.1. The molecule has 0 radical (unpaired) electrons. The van der Waals surface area contributed by atoms with Crippen LogP contribution >= 0.6 is 0 Å². The lowest BCUT2D eigenvalue weighted by Crippen LogP contribution is -2.01. The van der Waals surface area contributed by atoms with Gasteiger partial charge >= 0.3 is 0 Å². The molecule has 0 atom stereocenters. The van der Waals surface area contributed by atoms with Crippen LogP contribution in [0.4, 0.5) is 5.95 Å². The van der Waals surface area contributed by atoms with Gasteiger partial charge in [-0.15, -0.1) is 0 Å². The van der Waals surface area contributed by atoms with Gasteiger partial charge in [0.05, 0.1) is 6.20 Å². The summed E-state index contributed by atoms with van der Waals surface area (Å²) in [4.78, 5) is 4.05. The van der Waals surface area contributed by atoms with E-state index in [9.17, 15) is 0 Å². The normalized spacial score (nSPS) is 11.1. The van der Waals surface area contributed by atoms with E-state index in [2.05, 4.69) is 18.8 Å². The second kappa shape index (κ2) is 4.30.